The van der Waals surface area contributed by atoms with Gasteiger partial charge in [0.25, 0.3) is 14.2 Å². The Kier molecular flexibility index (Phi) is 9.63. The predicted molar refractivity (Wildman–Crippen MR) is 173 cm³/mol. The fraction of sp³-hybridized carbons (Fsp3) is 0.278. The molecular formula is C36H39NO6Si. The first-order valence-electron chi connectivity index (χ1n) is 14.9. The maximum atomic E-state index is 14.2. The van der Waals surface area contributed by atoms with Gasteiger partial charge in [-0.15, -0.1) is 0 Å². The molecule has 1 N–H and O–H groups in total. The molecule has 5 rings (SSSR count). The number of phenols is 1. The number of aromatic hydroxyl groups is 1. The lowest BCUT2D eigenvalue weighted by Gasteiger charge is -2.43. The molecule has 0 spiro atoms. The zero-order chi connectivity index (χ0) is 31.2. The van der Waals surface area contributed by atoms with E-state index in [1.807, 2.05) is 36.4 Å². The molecule has 1 amide bonds. The lowest BCUT2D eigenvalue weighted by atomic mass is 10.1. The van der Waals surface area contributed by atoms with Crippen molar-refractivity contribution in [1.29, 1.82) is 0 Å². The second-order valence-electron chi connectivity index (χ2n) is 12.0. The van der Waals surface area contributed by atoms with Crippen molar-refractivity contribution in [3.05, 3.63) is 120 Å². The quantitative estimate of drug-likeness (QED) is 0.197. The highest BCUT2D eigenvalue weighted by Gasteiger charge is 2.50. The maximum Gasteiger partial charge on any atom is 0.261 e. The third-order valence-electron chi connectivity index (χ3n) is 8.19. The van der Waals surface area contributed by atoms with Crippen LogP contribution in [0.15, 0.2) is 103 Å². The minimum absolute atomic E-state index is 0.0768. The average Bonchev–Trinajstić information content (AvgIpc) is 3.04. The lowest BCUT2D eigenvalue weighted by molar-refractivity contribution is -0.0152. The zero-order valence-electron chi connectivity index (χ0n) is 25.4. The molecule has 44 heavy (non-hydrogen) atoms. The number of hydrogen-bond acceptors (Lipinski definition) is 6. The monoisotopic (exact) mass is 609 g/mol. The van der Waals surface area contributed by atoms with Crippen LogP contribution in [-0.4, -0.2) is 62.9 Å². The van der Waals surface area contributed by atoms with Crippen LogP contribution in [0.25, 0.3) is 0 Å². The fourth-order valence-corrected chi connectivity index (χ4v) is 10.5. The molecule has 1 aliphatic heterocycles. The topological polar surface area (TPSA) is 85.3 Å². The minimum Gasteiger partial charge on any atom is -0.507 e. The van der Waals surface area contributed by atoms with Gasteiger partial charge in [-0.1, -0.05) is 106 Å². The van der Waals surface area contributed by atoms with E-state index in [4.69, 9.17) is 13.9 Å². The minimum atomic E-state index is -2.82. The first kappa shape index (κ1) is 31.2. The van der Waals surface area contributed by atoms with Crippen LogP contribution in [0, 0.1) is 0 Å². The molecule has 0 unspecified atom stereocenters. The Balaban J connectivity index is 1.43. The number of carbonyl (C=O) groups excluding carboxylic acids is 2. The number of rotatable bonds is 10. The molecule has 0 aliphatic carbocycles. The number of morpholine rings is 1. The molecule has 4 aromatic carbocycles. The van der Waals surface area contributed by atoms with Gasteiger partial charge in [0.15, 0.2) is 6.29 Å². The molecule has 228 valence electrons. The van der Waals surface area contributed by atoms with E-state index in [0.29, 0.717) is 31.6 Å². The lowest BCUT2D eigenvalue weighted by Crippen LogP contribution is -2.66. The van der Waals surface area contributed by atoms with E-state index < -0.39 is 8.32 Å². The number of benzene rings is 4. The Labute approximate surface area is 260 Å². The number of carbonyl (C=O) groups is 2. The van der Waals surface area contributed by atoms with Crippen molar-refractivity contribution in [2.24, 2.45) is 0 Å². The SMILES string of the molecule is CC(C)(C)[Si](OCc1ccccc1C(=O)N1CCOC[C@H]1COc1cccc(O)c1C=O)(c1ccccc1)c1ccccc1. The molecule has 4 aromatic rings. The normalized spacial score (nSPS) is 15.5. The molecule has 0 bridgehead atoms. The van der Waals surface area contributed by atoms with Crippen LogP contribution in [0.4, 0.5) is 0 Å². The standard InChI is InChI=1S/C36H39NO6Si/c1-36(2,3)44(29-14-6-4-7-15-29,30-16-8-5-9-17-30)43-24-27-13-10-11-18-31(27)35(40)37-21-22-41-25-28(37)26-42-34-20-12-19-33(39)32(34)23-38/h4-20,23,28,39H,21-22,24-26H2,1-3H3/t28-/m0/s1. The Hall–Kier alpha value is -4.24. The highest BCUT2D eigenvalue weighted by molar-refractivity contribution is 6.99. The number of aldehydes is 1. The summed E-state index contributed by atoms with van der Waals surface area (Å²) in [6.45, 7) is 8.18. The van der Waals surface area contributed by atoms with Gasteiger partial charge in [-0.2, -0.15) is 0 Å². The summed E-state index contributed by atoms with van der Waals surface area (Å²) in [5.41, 5.74) is 1.46. The van der Waals surface area contributed by atoms with E-state index in [-0.39, 0.29) is 47.3 Å². The van der Waals surface area contributed by atoms with E-state index >= 15 is 0 Å². The van der Waals surface area contributed by atoms with Crippen LogP contribution in [0.1, 0.15) is 47.1 Å². The third kappa shape index (κ3) is 6.33. The number of nitrogens with zero attached hydrogens (tertiary/aromatic N) is 1. The highest BCUT2D eigenvalue weighted by atomic mass is 28.4. The van der Waals surface area contributed by atoms with E-state index in [2.05, 4.69) is 69.3 Å². The van der Waals surface area contributed by atoms with Gasteiger partial charge in [0, 0.05) is 12.1 Å². The van der Waals surface area contributed by atoms with Gasteiger partial charge < -0.3 is 23.9 Å². The molecular weight excluding hydrogens is 570 g/mol. The Morgan fingerprint density at radius 1 is 0.932 bits per heavy atom. The largest absolute Gasteiger partial charge is 0.507 e. The van der Waals surface area contributed by atoms with Gasteiger partial charge in [0.1, 0.15) is 18.1 Å². The Morgan fingerprint density at radius 2 is 1.57 bits per heavy atom. The van der Waals surface area contributed by atoms with Gasteiger partial charge in [0.2, 0.25) is 0 Å². The van der Waals surface area contributed by atoms with Crippen molar-refractivity contribution in [2.45, 2.75) is 38.5 Å². The Morgan fingerprint density at radius 3 is 2.20 bits per heavy atom. The zero-order valence-corrected chi connectivity index (χ0v) is 26.4. The molecule has 1 saturated heterocycles. The summed E-state index contributed by atoms with van der Waals surface area (Å²) in [4.78, 5) is 27.5. The molecule has 0 radical (unpaired) electrons. The van der Waals surface area contributed by atoms with Crippen LogP contribution in [0.5, 0.6) is 11.5 Å². The maximum absolute atomic E-state index is 14.2. The van der Waals surface area contributed by atoms with Gasteiger partial charge in [-0.3, -0.25) is 9.59 Å². The second-order valence-corrected chi connectivity index (χ2v) is 16.3. The third-order valence-corrected chi connectivity index (χ3v) is 13.2. The van der Waals surface area contributed by atoms with E-state index in [1.165, 1.54) is 16.4 Å². The van der Waals surface area contributed by atoms with E-state index in [1.54, 1.807) is 17.0 Å². The molecule has 1 atom stereocenters. The number of hydrogen-bond donors (Lipinski definition) is 1. The summed E-state index contributed by atoms with van der Waals surface area (Å²) in [7, 11) is -2.82. The first-order valence-corrected chi connectivity index (χ1v) is 16.8. The molecule has 1 heterocycles. The van der Waals surface area contributed by atoms with Crippen molar-refractivity contribution in [3.8, 4) is 11.5 Å². The summed E-state index contributed by atoms with van der Waals surface area (Å²) in [6, 6.07) is 32.8. The van der Waals surface area contributed by atoms with E-state index in [9.17, 15) is 14.7 Å². The van der Waals surface area contributed by atoms with Crippen LogP contribution in [0.3, 0.4) is 0 Å². The Bertz CT molecular complexity index is 1530. The summed E-state index contributed by atoms with van der Waals surface area (Å²) in [6.07, 6.45) is 0.563. The van der Waals surface area contributed by atoms with Gasteiger partial charge in [-0.25, -0.2) is 0 Å². The summed E-state index contributed by atoms with van der Waals surface area (Å²) < 4.78 is 18.8. The van der Waals surface area contributed by atoms with Gasteiger partial charge in [-0.05, 0) is 39.2 Å². The summed E-state index contributed by atoms with van der Waals surface area (Å²) in [5.74, 6) is -0.0210. The molecule has 0 saturated carbocycles. The molecule has 1 fully saturated rings. The van der Waals surface area contributed by atoms with E-state index in [0.717, 1.165) is 5.56 Å². The van der Waals surface area contributed by atoms with Gasteiger partial charge in [0.05, 0.1) is 31.4 Å². The smallest absolute Gasteiger partial charge is 0.261 e. The average molecular weight is 610 g/mol. The summed E-state index contributed by atoms with van der Waals surface area (Å²) >= 11 is 0. The molecule has 0 aromatic heterocycles. The molecule has 7 nitrogen and oxygen atoms in total. The highest BCUT2D eigenvalue weighted by Crippen LogP contribution is 2.37. The number of phenolic OH excluding ortho intramolecular Hbond substituents is 1. The second kappa shape index (κ2) is 13.6. The van der Waals surface area contributed by atoms with Crippen molar-refractivity contribution in [1.82, 2.24) is 4.90 Å². The van der Waals surface area contributed by atoms with Crippen molar-refractivity contribution in [3.63, 3.8) is 0 Å². The summed E-state index contributed by atoms with van der Waals surface area (Å²) in [5, 5.41) is 12.2. The van der Waals surface area contributed by atoms with Crippen molar-refractivity contribution < 1.29 is 28.6 Å². The fourth-order valence-electron chi connectivity index (χ4n) is 5.98. The van der Waals surface area contributed by atoms with Crippen LogP contribution < -0.4 is 15.1 Å². The predicted octanol–water partition coefficient (Wildman–Crippen LogP) is 5.20. The van der Waals surface area contributed by atoms with Gasteiger partial charge >= 0.3 is 0 Å². The number of amides is 1. The first-order chi connectivity index (χ1) is 21.3. The van der Waals surface area contributed by atoms with Crippen molar-refractivity contribution in [2.75, 3.05) is 26.4 Å². The number of ether oxygens (including phenoxy) is 2. The van der Waals surface area contributed by atoms with Crippen LogP contribution in [0.2, 0.25) is 5.04 Å². The van der Waals surface area contributed by atoms with Crippen molar-refractivity contribution >= 4 is 30.9 Å². The molecule has 1 aliphatic rings. The molecule has 8 heteroatoms. The van der Waals surface area contributed by atoms with Crippen LogP contribution >= 0.6 is 0 Å². The van der Waals surface area contributed by atoms with Crippen LogP contribution in [-0.2, 0) is 15.8 Å².